The summed E-state index contributed by atoms with van der Waals surface area (Å²) in [7, 11) is 0. The van der Waals surface area contributed by atoms with Crippen molar-refractivity contribution in [2.45, 2.75) is 6.92 Å². The molecule has 138 valence electrons. The molecule has 0 aliphatic carbocycles. The SMILES string of the molecule is Cc1ccc(-c2cn(-c3cccc(C(=O)C=Cc4ccccc4)c3)c(=O)[nH]2)o1. The van der Waals surface area contributed by atoms with E-state index in [4.69, 9.17) is 4.42 Å². The average Bonchev–Trinajstić information content (AvgIpc) is 3.32. The summed E-state index contributed by atoms with van der Waals surface area (Å²) in [5.74, 6) is 1.23. The normalized spacial score (nSPS) is 11.2. The first kappa shape index (κ1) is 17.5. The number of ketones is 1. The van der Waals surface area contributed by atoms with Gasteiger partial charge in [0.25, 0.3) is 0 Å². The molecular weight excluding hydrogens is 352 g/mol. The molecule has 0 saturated heterocycles. The topological polar surface area (TPSA) is 68.0 Å². The Balaban J connectivity index is 1.62. The first-order valence-corrected chi connectivity index (χ1v) is 8.86. The zero-order chi connectivity index (χ0) is 19.5. The number of nitrogens with zero attached hydrogens (tertiary/aromatic N) is 1. The van der Waals surface area contributed by atoms with Gasteiger partial charge in [-0.3, -0.25) is 9.36 Å². The Labute approximate surface area is 161 Å². The number of aromatic amines is 1. The van der Waals surface area contributed by atoms with Crippen LogP contribution in [0.4, 0.5) is 0 Å². The number of nitrogens with one attached hydrogen (secondary N) is 1. The van der Waals surface area contributed by atoms with Crippen LogP contribution in [0.3, 0.4) is 0 Å². The van der Waals surface area contributed by atoms with Crippen LogP contribution in [0.2, 0.25) is 0 Å². The maximum absolute atomic E-state index is 12.5. The summed E-state index contributed by atoms with van der Waals surface area (Å²) >= 11 is 0. The third kappa shape index (κ3) is 3.64. The van der Waals surface area contributed by atoms with Crippen LogP contribution in [-0.2, 0) is 0 Å². The number of benzene rings is 2. The summed E-state index contributed by atoms with van der Waals surface area (Å²) < 4.78 is 7.03. The Morgan fingerprint density at radius 3 is 2.61 bits per heavy atom. The van der Waals surface area contributed by atoms with Gasteiger partial charge in [0, 0.05) is 11.8 Å². The van der Waals surface area contributed by atoms with Crippen molar-refractivity contribution >= 4 is 11.9 Å². The number of aryl methyl sites for hydroxylation is 1. The predicted octanol–water partition coefficient (Wildman–Crippen LogP) is 4.63. The molecule has 0 aliphatic rings. The molecule has 2 aromatic heterocycles. The summed E-state index contributed by atoms with van der Waals surface area (Å²) in [5.41, 5.74) is 2.35. The Bertz CT molecular complexity index is 1210. The number of imidazole rings is 1. The van der Waals surface area contributed by atoms with Crippen LogP contribution in [-0.4, -0.2) is 15.3 Å². The number of hydrogen-bond acceptors (Lipinski definition) is 3. The van der Waals surface area contributed by atoms with Gasteiger partial charge in [0.05, 0.1) is 5.69 Å². The first-order chi connectivity index (χ1) is 13.6. The number of carbonyl (C=O) groups is 1. The van der Waals surface area contributed by atoms with Crippen LogP contribution in [0.1, 0.15) is 21.7 Å². The van der Waals surface area contributed by atoms with E-state index < -0.39 is 0 Å². The molecule has 2 aromatic carbocycles. The molecule has 0 aliphatic heterocycles. The molecule has 1 N–H and O–H groups in total. The van der Waals surface area contributed by atoms with Crippen molar-refractivity contribution in [1.29, 1.82) is 0 Å². The zero-order valence-corrected chi connectivity index (χ0v) is 15.3. The number of H-pyrrole nitrogens is 1. The fourth-order valence-electron chi connectivity index (χ4n) is 2.93. The van der Waals surface area contributed by atoms with E-state index in [0.29, 0.717) is 22.7 Å². The highest BCUT2D eigenvalue weighted by atomic mass is 16.3. The van der Waals surface area contributed by atoms with Crippen LogP contribution in [0.5, 0.6) is 0 Å². The highest BCUT2D eigenvalue weighted by molar-refractivity contribution is 6.07. The molecule has 0 spiro atoms. The Hall–Kier alpha value is -3.86. The maximum Gasteiger partial charge on any atom is 0.330 e. The molecule has 4 rings (SSSR count). The van der Waals surface area contributed by atoms with Crippen LogP contribution in [0.15, 0.2) is 88.2 Å². The van der Waals surface area contributed by atoms with Gasteiger partial charge in [-0.2, -0.15) is 0 Å². The van der Waals surface area contributed by atoms with Crippen LogP contribution in [0, 0.1) is 6.92 Å². The highest BCUT2D eigenvalue weighted by Gasteiger charge is 2.11. The lowest BCUT2D eigenvalue weighted by molar-refractivity contribution is 0.104. The number of furan rings is 1. The fraction of sp³-hybridized carbons (Fsp3) is 0.0435. The minimum atomic E-state index is -0.298. The van der Waals surface area contributed by atoms with Crippen molar-refractivity contribution in [3.8, 4) is 17.1 Å². The molecule has 0 saturated carbocycles. The second kappa shape index (κ2) is 7.40. The number of aromatic nitrogens is 2. The molecule has 0 unspecified atom stereocenters. The van der Waals surface area contributed by atoms with Gasteiger partial charge in [-0.25, -0.2) is 4.79 Å². The molecule has 5 nitrogen and oxygen atoms in total. The quantitative estimate of drug-likeness (QED) is 0.411. The molecule has 5 heteroatoms. The summed E-state index contributed by atoms with van der Waals surface area (Å²) in [6.07, 6.45) is 4.98. The van der Waals surface area contributed by atoms with E-state index in [2.05, 4.69) is 4.98 Å². The van der Waals surface area contributed by atoms with E-state index in [-0.39, 0.29) is 11.5 Å². The third-order valence-electron chi connectivity index (χ3n) is 4.36. The van der Waals surface area contributed by atoms with Crippen molar-refractivity contribution in [2.75, 3.05) is 0 Å². The minimum Gasteiger partial charge on any atom is -0.460 e. The van der Waals surface area contributed by atoms with Crippen molar-refractivity contribution in [3.63, 3.8) is 0 Å². The van der Waals surface area contributed by atoms with Gasteiger partial charge in [0.1, 0.15) is 11.5 Å². The van der Waals surface area contributed by atoms with E-state index in [1.807, 2.05) is 43.3 Å². The fourth-order valence-corrected chi connectivity index (χ4v) is 2.93. The van der Waals surface area contributed by atoms with Gasteiger partial charge in [-0.15, -0.1) is 0 Å². The molecule has 0 bridgehead atoms. The lowest BCUT2D eigenvalue weighted by atomic mass is 10.1. The molecule has 0 fully saturated rings. The lowest BCUT2D eigenvalue weighted by Gasteiger charge is -2.03. The standard InChI is InChI=1S/C23H18N2O3/c1-16-10-13-22(28-16)20-15-25(23(27)24-20)19-9-5-8-18(14-19)21(26)12-11-17-6-3-2-4-7-17/h2-15H,1H3,(H,24,27). The van der Waals surface area contributed by atoms with Crippen molar-refractivity contribution in [2.24, 2.45) is 0 Å². The second-order valence-electron chi connectivity index (χ2n) is 6.41. The summed E-state index contributed by atoms with van der Waals surface area (Å²) in [6, 6.07) is 20.2. The predicted molar refractivity (Wildman–Crippen MR) is 109 cm³/mol. The van der Waals surface area contributed by atoms with E-state index in [1.165, 1.54) is 10.6 Å². The van der Waals surface area contributed by atoms with E-state index in [1.54, 1.807) is 42.6 Å². The number of carbonyl (C=O) groups excluding carboxylic acids is 1. The van der Waals surface area contributed by atoms with Gasteiger partial charge in [0.15, 0.2) is 11.5 Å². The summed E-state index contributed by atoms with van der Waals surface area (Å²) in [5, 5.41) is 0. The van der Waals surface area contributed by atoms with Crippen molar-refractivity contribution in [3.05, 3.63) is 106 Å². The largest absolute Gasteiger partial charge is 0.460 e. The zero-order valence-electron chi connectivity index (χ0n) is 15.3. The second-order valence-corrected chi connectivity index (χ2v) is 6.41. The van der Waals surface area contributed by atoms with Gasteiger partial charge >= 0.3 is 5.69 Å². The average molecular weight is 370 g/mol. The van der Waals surface area contributed by atoms with E-state index >= 15 is 0 Å². The molecule has 0 radical (unpaired) electrons. The molecule has 2 heterocycles. The smallest absolute Gasteiger partial charge is 0.330 e. The van der Waals surface area contributed by atoms with Gasteiger partial charge < -0.3 is 9.40 Å². The van der Waals surface area contributed by atoms with E-state index in [9.17, 15) is 9.59 Å². The summed E-state index contributed by atoms with van der Waals surface area (Å²) in [4.78, 5) is 27.7. The van der Waals surface area contributed by atoms with Gasteiger partial charge in [-0.1, -0.05) is 48.5 Å². The monoisotopic (exact) mass is 370 g/mol. The number of hydrogen-bond donors (Lipinski definition) is 1. The summed E-state index contributed by atoms with van der Waals surface area (Å²) in [6.45, 7) is 1.84. The van der Waals surface area contributed by atoms with Crippen LogP contribution in [0.25, 0.3) is 23.2 Å². The maximum atomic E-state index is 12.5. The Morgan fingerprint density at radius 2 is 1.86 bits per heavy atom. The van der Waals surface area contributed by atoms with Crippen molar-refractivity contribution < 1.29 is 9.21 Å². The number of allylic oxidation sites excluding steroid dienone is 1. The number of rotatable bonds is 5. The Morgan fingerprint density at radius 1 is 1.04 bits per heavy atom. The molecule has 0 amide bonds. The minimum absolute atomic E-state index is 0.129. The van der Waals surface area contributed by atoms with Gasteiger partial charge in [0.2, 0.25) is 0 Å². The third-order valence-corrected chi connectivity index (χ3v) is 4.36. The molecule has 28 heavy (non-hydrogen) atoms. The van der Waals surface area contributed by atoms with Crippen molar-refractivity contribution in [1.82, 2.24) is 9.55 Å². The van der Waals surface area contributed by atoms with E-state index in [0.717, 1.165) is 11.3 Å². The lowest BCUT2D eigenvalue weighted by Crippen LogP contribution is -2.14. The van der Waals surface area contributed by atoms with Gasteiger partial charge in [-0.05, 0) is 42.8 Å². The Kier molecular flexibility index (Phi) is 4.64. The molecule has 0 atom stereocenters. The highest BCUT2D eigenvalue weighted by Crippen LogP contribution is 2.20. The molecule has 4 aromatic rings. The van der Waals surface area contributed by atoms with Crippen LogP contribution < -0.4 is 5.69 Å². The first-order valence-electron chi connectivity index (χ1n) is 8.86. The molecular formula is C23H18N2O3. The van der Waals surface area contributed by atoms with Crippen LogP contribution >= 0.6 is 0 Å².